The largest absolute Gasteiger partial charge is 0.366 e. The average molecular weight is 250 g/mol. The molecule has 2 aliphatic heterocycles. The van der Waals surface area contributed by atoms with Crippen molar-refractivity contribution < 1.29 is 14.3 Å². The van der Waals surface area contributed by atoms with Crippen LogP contribution in [0.5, 0.6) is 0 Å². The van der Waals surface area contributed by atoms with Crippen molar-refractivity contribution in [2.24, 2.45) is 0 Å². The predicted octanol–water partition coefficient (Wildman–Crippen LogP) is 2.78. The molecule has 0 aromatic rings. The summed E-state index contributed by atoms with van der Waals surface area (Å²) in [5.74, 6) is 0.250. The van der Waals surface area contributed by atoms with Gasteiger partial charge in [-0.05, 0) is 46.1 Å². The van der Waals surface area contributed by atoms with Crippen LogP contribution in [0.2, 0.25) is 0 Å². The fourth-order valence-corrected chi connectivity index (χ4v) is 3.20. The van der Waals surface area contributed by atoms with E-state index >= 15 is 0 Å². The summed E-state index contributed by atoms with van der Waals surface area (Å²) in [7, 11) is 0. The highest BCUT2D eigenvalue weighted by Crippen LogP contribution is 2.50. The monoisotopic (exact) mass is 250 g/mol. The molecule has 0 amide bonds. The van der Waals surface area contributed by atoms with Gasteiger partial charge in [0, 0.05) is 12.8 Å². The second-order valence-corrected chi connectivity index (χ2v) is 6.66. The third-order valence-corrected chi connectivity index (χ3v) is 4.81. The first kappa shape index (κ1) is 12.4. The molecule has 3 rings (SSSR count). The zero-order valence-electron chi connectivity index (χ0n) is 11.7. The maximum atomic E-state index is 12.4. The number of fused-ring (bicyclic) bond motifs is 2. The second kappa shape index (κ2) is 3.67. The number of carbonyl (C=O) groups is 1. The van der Waals surface area contributed by atoms with Gasteiger partial charge >= 0.3 is 0 Å². The van der Waals surface area contributed by atoms with E-state index in [1.807, 2.05) is 13.8 Å². The minimum atomic E-state index is -0.212. The maximum Gasteiger partial charge on any atom is 0.161 e. The van der Waals surface area contributed by atoms with Crippen molar-refractivity contribution in [1.82, 2.24) is 0 Å². The number of hydrogen-bond acceptors (Lipinski definition) is 3. The Bertz CT molecular complexity index is 435. The third kappa shape index (κ3) is 1.94. The molecule has 3 heteroatoms. The Labute approximate surface area is 109 Å². The van der Waals surface area contributed by atoms with Crippen LogP contribution in [0.1, 0.15) is 53.4 Å². The topological polar surface area (TPSA) is 42.1 Å². The lowest BCUT2D eigenvalue weighted by molar-refractivity contribution is -0.116. The smallest absolute Gasteiger partial charge is 0.161 e. The molecule has 100 valence electrons. The van der Waals surface area contributed by atoms with Gasteiger partial charge in [0.15, 0.2) is 5.78 Å². The van der Waals surface area contributed by atoms with Crippen LogP contribution in [0.15, 0.2) is 11.1 Å². The van der Waals surface area contributed by atoms with E-state index in [0.717, 1.165) is 30.4 Å². The molecule has 0 bridgehead atoms. The Balaban J connectivity index is 1.86. The number of epoxide rings is 2. The zero-order chi connectivity index (χ0) is 13.1. The highest BCUT2D eigenvalue weighted by molar-refractivity contribution is 5.97. The summed E-state index contributed by atoms with van der Waals surface area (Å²) < 4.78 is 11.6. The van der Waals surface area contributed by atoms with E-state index in [9.17, 15) is 4.79 Å². The molecule has 1 saturated carbocycles. The Hall–Kier alpha value is -0.670. The molecule has 2 saturated heterocycles. The van der Waals surface area contributed by atoms with Gasteiger partial charge in [-0.15, -0.1) is 0 Å². The van der Waals surface area contributed by atoms with Crippen molar-refractivity contribution in [3.8, 4) is 0 Å². The van der Waals surface area contributed by atoms with Crippen molar-refractivity contribution >= 4 is 5.78 Å². The van der Waals surface area contributed by atoms with Crippen LogP contribution >= 0.6 is 0 Å². The van der Waals surface area contributed by atoms with E-state index in [4.69, 9.17) is 9.47 Å². The molecular formula is C15H22O3. The Morgan fingerprint density at radius 2 is 1.83 bits per heavy atom. The molecule has 0 radical (unpaired) electrons. The summed E-state index contributed by atoms with van der Waals surface area (Å²) in [5, 5.41) is 0. The third-order valence-electron chi connectivity index (χ3n) is 4.81. The van der Waals surface area contributed by atoms with E-state index in [2.05, 4.69) is 13.8 Å². The number of rotatable bonds is 0. The molecule has 3 nitrogen and oxygen atoms in total. The Morgan fingerprint density at radius 1 is 1.17 bits per heavy atom. The van der Waals surface area contributed by atoms with Gasteiger partial charge in [0.2, 0.25) is 0 Å². The number of hydrogen-bond donors (Lipinski definition) is 0. The maximum absolute atomic E-state index is 12.4. The Kier molecular flexibility index (Phi) is 2.52. The minimum absolute atomic E-state index is 0.0226. The lowest BCUT2D eigenvalue weighted by atomic mass is 9.85. The van der Waals surface area contributed by atoms with Gasteiger partial charge in [-0.3, -0.25) is 4.79 Å². The summed E-state index contributed by atoms with van der Waals surface area (Å²) in [5.41, 5.74) is 1.85. The molecule has 4 atom stereocenters. The van der Waals surface area contributed by atoms with Crippen LogP contribution in [0.3, 0.4) is 0 Å². The fourth-order valence-electron chi connectivity index (χ4n) is 3.20. The van der Waals surface area contributed by atoms with Crippen LogP contribution in [0, 0.1) is 0 Å². The highest BCUT2D eigenvalue weighted by Gasteiger charge is 2.58. The lowest BCUT2D eigenvalue weighted by Gasteiger charge is -2.14. The van der Waals surface area contributed by atoms with Gasteiger partial charge in [0.25, 0.3) is 0 Å². The second-order valence-electron chi connectivity index (χ2n) is 6.66. The first-order valence-corrected chi connectivity index (χ1v) is 6.89. The van der Waals surface area contributed by atoms with Crippen molar-refractivity contribution in [1.29, 1.82) is 0 Å². The Morgan fingerprint density at radius 3 is 2.50 bits per heavy atom. The molecule has 3 fully saturated rings. The molecule has 1 aliphatic carbocycles. The highest BCUT2D eigenvalue weighted by atomic mass is 16.6. The van der Waals surface area contributed by atoms with Gasteiger partial charge in [-0.2, -0.15) is 0 Å². The SMILES string of the molecule is CC(C)=C1C[C@H]2O[C@]2(C)CC[C@@H]2O[C@@]2(C)CC1=O. The van der Waals surface area contributed by atoms with Crippen molar-refractivity contribution in [2.75, 3.05) is 0 Å². The van der Waals surface area contributed by atoms with Crippen LogP contribution in [0.25, 0.3) is 0 Å². The predicted molar refractivity (Wildman–Crippen MR) is 68.4 cm³/mol. The summed E-state index contributed by atoms with van der Waals surface area (Å²) >= 11 is 0. The average Bonchev–Trinajstić information content (AvgIpc) is 3.09. The standard InChI is InChI=1S/C15H22O3/c1-9(2)10-7-13-14(3,18-13)6-5-12-15(4,17-12)8-11(10)16/h12-13H,5-8H2,1-4H3/t12-,13+,14+,15-/m0/s1. The summed E-state index contributed by atoms with van der Waals surface area (Å²) in [6.07, 6.45) is 3.84. The number of carbonyl (C=O) groups excluding carboxylic acids is 1. The lowest BCUT2D eigenvalue weighted by Crippen LogP contribution is -2.23. The van der Waals surface area contributed by atoms with Gasteiger partial charge in [0.1, 0.15) is 0 Å². The summed E-state index contributed by atoms with van der Waals surface area (Å²) in [4.78, 5) is 12.4. The van der Waals surface area contributed by atoms with Crippen molar-refractivity contribution in [2.45, 2.75) is 76.8 Å². The van der Waals surface area contributed by atoms with Gasteiger partial charge < -0.3 is 9.47 Å². The van der Waals surface area contributed by atoms with Crippen molar-refractivity contribution in [3.63, 3.8) is 0 Å². The minimum Gasteiger partial charge on any atom is -0.366 e. The number of Topliss-reactive ketones (excluding diaryl/α,β-unsaturated/α-hetero) is 1. The van der Waals surface area contributed by atoms with Crippen LogP contribution < -0.4 is 0 Å². The van der Waals surface area contributed by atoms with Crippen LogP contribution in [-0.2, 0) is 14.3 Å². The molecule has 0 aromatic carbocycles. The van der Waals surface area contributed by atoms with Crippen LogP contribution in [-0.4, -0.2) is 29.2 Å². The zero-order valence-corrected chi connectivity index (χ0v) is 11.7. The number of allylic oxidation sites excluding steroid dienone is 1. The van der Waals surface area contributed by atoms with E-state index in [-0.39, 0.29) is 29.2 Å². The van der Waals surface area contributed by atoms with Crippen LogP contribution in [0.4, 0.5) is 0 Å². The summed E-state index contributed by atoms with van der Waals surface area (Å²) in [6.45, 7) is 8.26. The van der Waals surface area contributed by atoms with E-state index in [1.165, 1.54) is 0 Å². The first-order valence-electron chi connectivity index (χ1n) is 6.89. The number of ketones is 1. The van der Waals surface area contributed by atoms with Gasteiger partial charge in [-0.1, -0.05) is 5.57 Å². The molecule has 3 aliphatic rings. The molecule has 0 aromatic heterocycles. The number of ether oxygens (including phenoxy) is 2. The molecule has 0 N–H and O–H groups in total. The molecule has 18 heavy (non-hydrogen) atoms. The van der Waals surface area contributed by atoms with E-state index in [0.29, 0.717) is 6.42 Å². The van der Waals surface area contributed by atoms with Gasteiger partial charge in [0.05, 0.1) is 23.4 Å². The molecule has 2 heterocycles. The van der Waals surface area contributed by atoms with Crippen molar-refractivity contribution in [3.05, 3.63) is 11.1 Å². The molecule has 0 spiro atoms. The normalized spacial score (nSPS) is 47.1. The summed E-state index contributed by atoms with van der Waals surface area (Å²) in [6, 6.07) is 0. The van der Waals surface area contributed by atoms with E-state index in [1.54, 1.807) is 0 Å². The van der Waals surface area contributed by atoms with E-state index < -0.39 is 0 Å². The quantitative estimate of drug-likeness (QED) is 0.490. The first-order chi connectivity index (χ1) is 8.34. The molecular weight excluding hydrogens is 228 g/mol. The van der Waals surface area contributed by atoms with Gasteiger partial charge in [-0.25, -0.2) is 0 Å². The molecule has 0 unspecified atom stereocenters. The fraction of sp³-hybridized carbons (Fsp3) is 0.800.